The Morgan fingerprint density at radius 1 is 0.970 bits per heavy atom. The molecule has 0 radical (unpaired) electrons. The van der Waals surface area contributed by atoms with Crippen LogP contribution >= 0.6 is 0 Å². The SMILES string of the molecule is CC(C)(C)OC(=O)N[C@H](CO[Si](c1ccccc1)(c1ccccc1)C(C)(C)C)C(=O)C=[N+]=[N-]. The zero-order valence-electron chi connectivity index (χ0n) is 20.2. The van der Waals surface area contributed by atoms with Crippen molar-refractivity contribution >= 4 is 36.8 Å². The third-order valence-electron chi connectivity index (χ3n) is 5.10. The fourth-order valence-electron chi connectivity index (χ4n) is 3.76. The standard InChI is InChI=1S/C25H33N3O4Si/c1-24(2,3)32-23(30)28-21(22(29)17-27-26)18-31-33(25(4,5)6,19-13-9-7-10-14-19)20-15-11-8-12-16-20/h7-17,21H,18H2,1-6H3,(H,28,30)/t21-/m1/s1. The number of alkyl carbamates (subject to hydrolysis) is 1. The number of hydrogen-bond acceptors (Lipinski definition) is 4. The van der Waals surface area contributed by atoms with Crippen molar-refractivity contribution in [2.45, 2.75) is 58.2 Å². The zero-order chi connectivity index (χ0) is 24.7. The van der Waals surface area contributed by atoms with Gasteiger partial charge in [-0.05, 0) is 36.2 Å². The molecule has 0 bridgehead atoms. The highest BCUT2D eigenvalue weighted by Gasteiger charge is 2.50. The van der Waals surface area contributed by atoms with Crippen LogP contribution in [0.4, 0.5) is 4.79 Å². The Bertz CT molecular complexity index is 952. The summed E-state index contributed by atoms with van der Waals surface area (Å²) < 4.78 is 12.0. The molecule has 33 heavy (non-hydrogen) atoms. The highest BCUT2D eigenvalue weighted by atomic mass is 28.4. The summed E-state index contributed by atoms with van der Waals surface area (Å²) in [6.45, 7) is 11.4. The molecule has 1 N–H and O–H groups in total. The van der Waals surface area contributed by atoms with Gasteiger partial charge in [0.05, 0.1) is 6.61 Å². The Morgan fingerprint density at radius 3 is 1.85 bits per heavy atom. The zero-order valence-corrected chi connectivity index (χ0v) is 21.2. The lowest BCUT2D eigenvalue weighted by Crippen LogP contribution is -2.67. The molecule has 0 aliphatic carbocycles. The highest BCUT2D eigenvalue weighted by molar-refractivity contribution is 6.99. The number of carbonyl (C=O) groups excluding carboxylic acids is 2. The molecule has 1 amide bonds. The summed E-state index contributed by atoms with van der Waals surface area (Å²) in [5.74, 6) is -0.596. The van der Waals surface area contributed by atoms with E-state index in [0.717, 1.165) is 16.6 Å². The molecule has 0 fully saturated rings. The molecular formula is C25H33N3O4Si. The normalized spacial score (nSPS) is 12.9. The van der Waals surface area contributed by atoms with Gasteiger partial charge < -0.3 is 20.0 Å². The van der Waals surface area contributed by atoms with Crippen molar-refractivity contribution in [2.75, 3.05) is 6.61 Å². The lowest BCUT2D eigenvalue weighted by atomic mass is 10.2. The number of nitrogens with one attached hydrogen (secondary N) is 1. The van der Waals surface area contributed by atoms with E-state index in [-0.39, 0.29) is 11.6 Å². The van der Waals surface area contributed by atoms with Gasteiger partial charge in [0, 0.05) is 0 Å². The van der Waals surface area contributed by atoms with Gasteiger partial charge in [-0.3, -0.25) is 4.79 Å². The summed E-state index contributed by atoms with van der Waals surface area (Å²) in [4.78, 5) is 27.9. The Labute approximate surface area is 196 Å². The third-order valence-corrected chi connectivity index (χ3v) is 10.1. The molecule has 0 saturated heterocycles. The molecule has 0 aliphatic heterocycles. The summed E-state index contributed by atoms with van der Waals surface area (Å²) in [6.07, 6.45) is 0.00904. The first kappa shape index (κ1) is 26.2. The number of rotatable bonds is 8. The van der Waals surface area contributed by atoms with Crippen LogP contribution in [0.5, 0.6) is 0 Å². The van der Waals surface area contributed by atoms with Gasteiger partial charge in [0.2, 0.25) is 0 Å². The molecule has 2 aromatic carbocycles. The average molecular weight is 468 g/mol. The number of ether oxygens (including phenoxy) is 1. The second-order valence-electron chi connectivity index (χ2n) is 9.82. The van der Waals surface area contributed by atoms with Gasteiger partial charge in [-0.15, -0.1) is 0 Å². The number of amides is 1. The topological polar surface area (TPSA) is 101 Å². The first-order valence-electron chi connectivity index (χ1n) is 10.9. The number of ketones is 1. The Hall–Kier alpha value is -3.06. The van der Waals surface area contributed by atoms with E-state index >= 15 is 0 Å². The Kier molecular flexibility index (Phi) is 8.49. The summed E-state index contributed by atoms with van der Waals surface area (Å²) in [7, 11) is -2.93. The smallest absolute Gasteiger partial charge is 0.408 e. The van der Waals surface area contributed by atoms with Gasteiger partial charge in [-0.2, -0.15) is 4.79 Å². The molecule has 0 aromatic heterocycles. The monoisotopic (exact) mass is 467 g/mol. The fourth-order valence-corrected chi connectivity index (χ4v) is 8.33. The van der Waals surface area contributed by atoms with E-state index in [9.17, 15) is 9.59 Å². The first-order chi connectivity index (χ1) is 15.4. The minimum absolute atomic E-state index is 0.114. The molecule has 7 nitrogen and oxygen atoms in total. The van der Waals surface area contributed by atoms with Crippen molar-refractivity contribution < 1.29 is 23.5 Å². The van der Waals surface area contributed by atoms with Crippen LogP contribution in [-0.4, -0.2) is 49.4 Å². The van der Waals surface area contributed by atoms with Crippen LogP contribution in [0.2, 0.25) is 5.04 Å². The van der Waals surface area contributed by atoms with Gasteiger partial charge in [-0.1, -0.05) is 81.4 Å². The molecule has 8 heteroatoms. The second kappa shape index (κ2) is 10.7. The van der Waals surface area contributed by atoms with Gasteiger partial charge in [0.1, 0.15) is 11.6 Å². The van der Waals surface area contributed by atoms with Gasteiger partial charge >= 0.3 is 12.3 Å². The van der Waals surface area contributed by atoms with E-state index in [4.69, 9.17) is 14.7 Å². The maximum absolute atomic E-state index is 12.6. The molecule has 0 aliphatic rings. The van der Waals surface area contributed by atoms with Gasteiger partial charge in [0.25, 0.3) is 14.1 Å². The minimum Gasteiger partial charge on any atom is -0.444 e. The van der Waals surface area contributed by atoms with Crippen LogP contribution in [0.25, 0.3) is 5.53 Å². The van der Waals surface area contributed by atoms with Crippen molar-refractivity contribution in [1.29, 1.82) is 0 Å². The molecule has 2 rings (SSSR count). The predicted octanol–water partition coefficient (Wildman–Crippen LogP) is 3.33. The van der Waals surface area contributed by atoms with E-state index < -0.39 is 31.8 Å². The maximum atomic E-state index is 12.6. The van der Waals surface area contributed by atoms with E-state index in [0.29, 0.717) is 0 Å². The van der Waals surface area contributed by atoms with Gasteiger partial charge in [-0.25, -0.2) is 4.79 Å². The quantitative estimate of drug-likeness (QED) is 0.278. The maximum Gasteiger partial charge on any atom is 0.408 e. The largest absolute Gasteiger partial charge is 0.444 e. The van der Waals surface area contributed by atoms with Crippen LogP contribution in [0.1, 0.15) is 41.5 Å². The summed E-state index contributed by atoms with van der Waals surface area (Å²) in [5.41, 5.74) is 8.16. The summed E-state index contributed by atoms with van der Waals surface area (Å²) >= 11 is 0. The molecule has 0 spiro atoms. The van der Waals surface area contributed by atoms with Crippen LogP contribution in [-0.2, 0) is 14.0 Å². The molecule has 0 unspecified atom stereocenters. The van der Waals surface area contributed by atoms with Crippen LogP contribution in [0.3, 0.4) is 0 Å². The number of nitrogens with zero attached hydrogens (tertiary/aromatic N) is 2. The predicted molar refractivity (Wildman–Crippen MR) is 131 cm³/mol. The summed E-state index contributed by atoms with van der Waals surface area (Å²) in [6, 6.07) is 18.8. The number of Topliss-reactive ketones (excluding diaryl/α,β-unsaturated/α-hetero) is 1. The molecule has 0 heterocycles. The lowest BCUT2D eigenvalue weighted by molar-refractivity contribution is -0.118. The Balaban J connectivity index is 2.50. The Morgan fingerprint density at radius 2 is 1.45 bits per heavy atom. The van der Waals surface area contributed by atoms with Crippen molar-refractivity contribution in [1.82, 2.24) is 5.32 Å². The fraction of sp³-hybridized carbons (Fsp3) is 0.400. The van der Waals surface area contributed by atoms with Crippen LogP contribution in [0, 0.1) is 0 Å². The van der Waals surface area contributed by atoms with Gasteiger partial charge in [0.15, 0.2) is 0 Å². The van der Waals surface area contributed by atoms with Crippen molar-refractivity contribution in [2.24, 2.45) is 0 Å². The molecule has 0 saturated carbocycles. The molecular weight excluding hydrogens is 434 g/mol. The molecule has 1 atom stereocenters. The van der Waals surface area contributed by atoms with Crippen molar-refractivity contribution in [3.8, 4) is 0 Å². The number of carbonyl (C=O) groups is 2. The van der Waals surface area contributed by atoms with Crippen molar-refractivity contribution in [3.63, 3.8) is 0 Å². The van der Waals surface area contributed by atoms with Crippen molar-refractivity contribution in [3.05, 3.63) is 66.2 Å². The minimum atomic E-state index is -2.93. The van der Waals surface area contributed by atoms with Crippen LogP contribution in [0.15, 0.2) is 60.7 Å². The molecule has 2 aromatic rings. The first-order valence-corrected chi connectivity index (χ1v) is 12.8. The highest BCUT2D eigenvalue weighted by Crippen LogP contribution is 2.36. The third kappa shape index (κ3) is 6.71. The van der Waals surface area contributed by atoms with E-state index in [1.165, 1.54) is 0 Å². The van der Waals surface area contributed by atoms with E-state index in [2.05, 4.69) is 30.9 Å². The van der Waals surface area contributed by atoms with E-state index in [1.54, 1.807) is 20.8 Å². The number of hydrogen-bond donors (Lipinski definition) is 1. The molecule has 176 valence electrons. The van der Waals surface area contributed by atoms with E-state index in [1.807, 2.05) is 60.7 Å². The second-order valence-corrected chi connectivity index (χ2v) is 14.1. The van der Waals surface area contributed by atoms with Crippen LogP contribution < -0.4 is 15.7 Å². The lowest BCUT2D eigenvalue weighted by Gasteiger charge is -2.43. The number of benzene rings is 2. The average Bonchev–Trinajstić information content (AvgIpc) is 2.72. The summed E-state index contributed by atoms with van der Waals surface area (Å²) in [5, 5.41) is 4.35.